The van der Waals surface area contributed by atoms with Gasteiger partial charge in [0.25, 0.3) is 0 Å². The van der Waals surface area contributed by atoms with Crippen molar-refractivity contribution in [2.24, 2.45) is 7.05 Å². The Labute approximate surface area is 208 Å². The first-order valence-electron chi connectivity index (χ1n) is 10.9. The molecule has 0 saturated heterocycles. The summed E-state index contributed by atoms with van der Waals surface area (Å²) in [6.07, 6.45) is 0. The van der Waals surface area contributed by atoms with Gasteiger partial charge < -0.3 is 9.84 Å². The Bertz CT molecular complexity index is 1140. The largest absolute Gasteiger partial charge is 0.465 e. The van der Waals surface area contributed by atoms with Crippen LogP contribution in [0.4, 0.5) is 0 Å². The van der Waals surface area contributed by atoms with Gasteiger partial charge in [0.1, 0.15) is 5.82 Å². The highest BCUT2D eigenvalue weighted by Crippen LogP contribution is 2.35. The van der Waals surface area contributed by atoms with Crippen molar-refractivity contribution in [3.05, 3.63) is 70.5 Å². The average Bonchev–Trinajstić information content (AvgIpc) is 3.20. The molecule has 0 amide bonds. The predicted octanol–water partition coefficient (Wildman–Crippen LogP) is 4.56. The van der Waals surface area contributed by atoms with Crippen LogP contribution < -0.4 is 0 Å². The maximum atomic E-state index is 13.7. The first-order chi connectivity index (χ1) is 16.2. The molecule has 180 valence electrons. The number of nitrogens with zero attached hydrogens (tertiary/aromatic N) is 3. The molecule has 3 rings (SSSR count). The molecular weight excluding hydrogens is 474 g/mol. The summed E-state index contributed by atoms with van der Waals surface area (Å²) >= 11 is 7.41. The van der Waals surface area contributed by atoms with Crippen molar-refractivity contribution in [2.75, 3.05) is 6.61 Å². The normalized spacial score (nSPS) is 12.4. The second-order valence-electron chi connectivity index (χ2n) is 8.25. The molecule has 0 saturated carbocycles. The minimum absolute atomic E-state index is 0.0195. The van der Waals surface area contributed by atoms with E-state index in [2.05, 4.69) is 10.1 Å². The maximum absolute atomic E-state index is 13.7. The highest BCUT2D eigenvalue weighted by atomic mass is 35.5. The summed E-state index contributed by atoms with van der Waals surface area (Å²) in [7, 11) is 1.66. The number of esters is 1. The predicted molar refractivity (Wildman–Crippen MR) is 134 cm³/mol. The monoisotopic (exact) mass is 501 g/mol. The molecule has 0 bridgehead atoms. The summed E-state index contributed by atoms with van der Waals surface area (Å²) in [5.41, 5.74) is 2.56. The molecule has 0 radical (unpaired) electrons. The number of hydrogen-bond donors (Lipinski definition) is 1. The second kappa shape index (κ2) is 11.2. The summed E-state index contributed by atoms with van der Waals surface area (Å²) in [6.45, 7) is 5.42. The van der Waals surface area contributed by atoms with Gasteiger partial charge in [-0.15, -0.1) is 11.8 Å². The quantitative estimate of drug-likeness (QED) is 0.321. The Balaban J connectivity index is 1.88. The Morgan fingerprint density at radius 3 is 2.32 bits per heavy atom. The molecule has 1 aromatic heterocycles. The highest BCUT2D eigenvalue weighted by Gasteiger charge is 2.42. The number of carbonyl (C=O) groups is 2. The van der Waals surface area contributed by atoms with Crippen molar-refractivity contribution in [3.8, 4) is 11.4 Å². The Hall–Kier alpha value is -2.68. The molecule has 1 atom stereocenters. The fourth-order valence-corrected chi connectivity index (χ4v) is 4.45. The number of aliphatic hydroxyl groups excluding tert-OH is 1. The molecule has 7 nitrogen and oxygen atoms in total. The van der Waals surface area contributed by atoms with Crippen molar-refractivity contribution >= 4 is 35.1 Å². The molecule has 0 aliphatic heterocycles. The molecule has 1 unspecified atom stereocenters. The number of thioether (sulfide) groups is 1. The van der Waals surface area contributed by atoms with E-state index < -0.39 is 16.6 Å². The Morgan fingerprint density at radius 1 is 1.12 bits per heavy atom. The van der Waals surface area contributed by atoms with Crippen molar-refractivity contribution in [3.63, 3.8) is 0 Å². The summed E-state index contributed by atoms with van der Waals surface area (Å²) in [6, 6.07) is 14.6. The van der Waals surface area contributed by atoms with E-state index in [1.54, 1.807) is 52.1 Å². The smallest absolute Gasteiger partial charge is 0.324 e. The molecule has 1 N–H and O–H groups in total. The topological polar surface area (TPSA) is 94.3 Å². The Kier molecular flexibility index (Phi) is 8.52. The zero-order valence-electron chi connectivity index (χ0n) is 19.6. The third-order valence-electron chi connectivity index (χ3n) is 5.34. The molecule has 0 spiro atoms. The third-order valence-corrected chi connectivity index (χ3v) is 6.99. The van der Waals surface area contributed by atoms with Gasteiger partial charge in [-0.05, 0) is 56.2 Å². The van der Waals surface area contributed by atoms with Gasteiger partial charge in [0.05, 0.1) is 18.0 Å². The number of ether oxygens (including phenoxy) is 1. The van der Waals surface area contributed by atoms with Gasteiger partial charge in [0, 0.05) is 23.4 Å². The molecule has 0 aliphatic carbocycles. The number of benzene rings is 2. The Morgan fingerprint density at radius 2 is 1.74 bits per heavy atom. The lowest BCUT2D eigenvalue weighted by Gasteiger charge is -2.26. The first kappa shape index (κ1) is 25.9. The molecule has 0 fully saturated rings. The number of hydrogen-bond acceptors (Lipinski definition) is 7. The number of aromatic nitrogens is 3. The van der Waals surface area contributed by atoms with Crippen molar-refractivity contribution in [1.29, 1.82) is 0 Å². The van der Waals surface area contributed by atoms with Gasteiger partial charge in [-0.2, -0.15) is 5.10 Å². The zero-order chi connectivity index (χ0) is 24.9. The van der Waals surface area contributed by atoms with E-state index in [1.807, 2.05) is 24.3 Å². The van der Waals surface area contributed by atoms with Crippen LogP contribution in [-0.4, -0.2) is 43.0 Å². The number of Topliss-reactive ketones (excluding diaryl/α,β-unsaturated/α-hetero) is 1. The lowest BCUT2D eigenvalue weighted by Crippen LogP contribution is -2.38. The van der Waals surface area contributed by atoms with Crippen molar-refractivity contribution < 1.29 is 19.4 Å². The van der Waals surface area contributed by atoms with Gasteiger partial charge in [0.2, 0.25) is 0 Å². The van der Waals surface area contributed by atoms with Crippen LogP contribution in [0.2, 0.25) is 5.02 Å². The number of aliphatic hydroxyl groups is 1. The summed E-state index contributed by atoms with van der Waals surface area (Å²) in [4.78, 5) is 31.2. The van der Waals surface area contributed by atoms with Gasteiger partial charge in [-0.3, -0.25) is 14.3 Å². The van der Waals surface area contributed by atoms with Gasteiger partial charge in [0.15, 0.2) is 17.5 Å². The van der Waals surface area contributed by atoms with Crippen LogP contribution in [0.1, 0.15) is 43.6 Å². The van der Waals surface area contributed by atoms with Crippen molar-refractivity contribution in [2.45, 2.75) is 43.8 Å². The zero-order valence-corrected chi connectivity index (χ0v) is 21.2. The van der Waals surface area contributed by atoms with Gasteiger partial charge in [-0.25, -0.2) is 4.98 Å². The summed E-state index contributed by atoms with van der Waals surface area (Å²) < 4.78 is 5.81. The molecular formula is C25H28ClN3O4S. The fraction of sp³-hybridized carbons (Fsp3) is 0.360. The minimum atomic E-state index is -1.21. The van der Waals surface area contributed by atoms with E-state index in [0.717, 1.165) is 16.7 Å². The maximum Gasteiger partial charge on any atom is 0.324 e. The van der Waals surface area contributed by atoms with Gasteiger partial charge >= 0.3 is 5.97 Å². The number of ketones is 1. The molecule has 34 heavy (non-hydrogen) atoms. The molecule has 9 heteroatoms. The first-order valence-corrected chi connectivity index (χ1v) is 12.2. The molecule has 1 heterocycles. The SMILES string of the molecule is CCOC(=O)C(C(=O)C(C)(C)SCc1ccc(CO)cc1)c1nc(-c2ccc(Cl)cc2)nn1C. The van der Waals surface area contributed by atoms with E-state index in [1.165, 1.54) is 16.4 Å². The van der Waals surface area contributed by atoms with E-state index in [0.29, 0.717) is 16.6 Å². The van der Waals surface area contributed by atoms with Crippen LogP contribution in [0.3, 0.4) is 0 Å². The van der Waals surface area contributed by atoms with E-state index >= 15 is 0 Å². The van der Waals surface area contributed by atoms with Crippen LogP contribution in [0.15, 0.2) is 48.5 Å². The molecule has 0 aliphatic rings. The van der Waals surface area contributed by atoms with Crippen LogP contribution >= 0.6 is 23.4 Å². The van der Waals surface area contributed by atoms with Crippen LogP contribution in [-0.2, 0) is 33.7 Å². The fourth-order valence-electron chi connectivity index (χ4n) is 3.35. The lowest BCUT2D eigenvalue weighted by atomic mass is 9.93. The standard InChI is InChI=1S/C25H28ClN3O4S/c1-5-33-24(32)20(23-27-22(28-29(23)4)18-10-12-19(26)13-11-18)21(31)25(2,3)34-15-17-8-6-16(14-30)7-9-17/h6-13,20,30H,5,14-15H2,1-4H3. The molecule has 3 aromatic rings. The van der Waals surface area contributed by atoms with E-state index in [-0.39, 0.29) is 24.8 Å². The number of halogens is 1. The molecule has 2 aromatic carbocycles. The van der Waals surface area contributed by atoms with Gasteiger partial charge in [-0.1, -0.05) is 35.9 Å². The summed E-state index contributed by atoms with van der Waals surface area (Å²) in [5.74, 6) is -0.972. The van der Waals surface area contributed by atoms with E-state index in [4.69, 9.17) is 16.3 Å². The third kappa shape index (κ3) is 6.05. The number of aryl methyl sites for hydroxylation is 1. The summed E-state index contributed by atoms with van der Waals surface area (Å²) in [5, 5.41) is 14.2. The van der Waals surface area contributed by atoms with Crippen LogP contribution in [0.5, 0.6) is 0 Å². The number of carbonyl (C=O) groups excluding carboxylic acids is 2. The number of rotatable bonds is 10. The van der Waals surface area contributed by atoms with Crippen LogP contribution in [0.25, 0.3) is 11.4 Å². The van der Waals surface area contributed by atoms with E-state index in [9.17, 15) is 14.7 Å². The lowest BCUT2D eigenvalue weighted by molar-refractivity contribution is -0.148. The van der Waals surface area contributed by atoms with Crippen LogP contribution in [0, 0.1) is 0 Å². The van der Waals surface area contributed by atoms with Crippen molar-refractivity contribution in [1.82, 2.24) is 14.8 Å². The highest BCUT2D eigenvalue weighted by molar-refractivity contribution is 8.00. The average molecular weight is 502 g/mol. The minimum Gasteiger partial charge on any atom is -0.465 e. The second-order valence-corrected chi connectivity index (χ2v) is 10.3.